The van der Waals surface area contributed by atoms with Gasteiger partial charge < -0.3 is 15.0 Å². The number of hydrogen-bond donors (Lipinski definition) is 1. The van der Waals surface area contributed by atoms with Gasteiger partial charge in [-0.2, -0.15) is 0 Å². The normalized spacial score (nSPS) is 33.7. The fourth-order valence-electron chi connectivity index (χ4n) is 3.46. The molecule has 2 aliphatic heterocycles. The van der Waals surface area contributed by atoms with E-state index in [0.717, 1.165) is 12.8 Å². The second kappa shape index (κ2) is 5.57. The number of hydrogen-bond acceptors (Lipinski definition) is 4. The quantitative estimate of drug-likeness (QED) is 0.770. The zero-order valence-electron chi connectivity index (χ0n) is 12.0. The minimum atomic E-state index is -0.164. The van der Waals surface area contributed by atoms with Gasteiger partial charge >= 0.3 is 5.97 Å². The molecule has 2 saturated heterocycles. The van der Waals surface area contributed by atoms with Gasteiger partial charge in [0, 0.05) is 18.1 Å². The molecule has 4 nitrogen and oxygen atoms in total. The molecule has 0 spiro atoms. The summed E-state index contributed by atoms with van der Waals surface area (Å²) in [4.78, 5) is 14.3. The number of nitrogens with zero attached hydrogens (tertiary/aromatic N) is 1. The SMILES string of the molecule is COC(=O)[C@H](NC1CC2CCC(C1)N2C)C(C)C. The lowest BCUT2D eigenvalue weighted by molar-refractivity contribution is -0.144. The minimum absolute atomic E-state index is 0.128. The predicted molar refractivity (Wildman–Crippen MR) is 71.4 cm³/mol. The van der Waals surface area contributed by atoms with Crippen LogP contribution < -0.4 is 5.32 Å². The molecule has 0 aliphatic carbocycles. The van der Waals surface area contributed by atoms with Crippen molar-refractivity contribution < 1.29 is 9.53 Å². The van der Waals surface area contributed by atoms with Gasteiger partial charge in [-0.25, -0.2) is 0 Å². The Morgan fingerprint density at radius 1 is 1.28 bits per heavy atom. The molecule has 2 bridgehead atoms. The standard InChI is InChI=1S/C14H26N2O2/c1-9(2)13(14(17)18-4)15-10-7-11-5-6-12(8-10)16(11)3/h9-13,15H,5-8H2,1-4H3/t10?,11?,12?,13-/m1/s1. The molecule has 3 atom stereocenters. The van der Waals surface area contributed by atoms with Crippen molar-refractivity contribution in [3.8, 4) is 0 Å². The van der Waals surface area contributed by atoms with Gasteiger partial charge in [0.05, 0.1) is 7.11 Å². The van der Waals surface area contributed by atoms with Crippen molar-refractivity contribution in [3.05, 3.63) is 0 Å². The first kappa shape index (κ1) is 13.8. The Labute approximate surface area is 110 Å². The number of ether oxygens (including phenoxy) is 1. The highest BCUT2D eigenvalue weighted by Crippen LogP contribution is 2.34. The van der Waals surface area contributed by atoms with Crippen LogP contribution in [-0.4, -0.2) is 49.2 Å². The van der Waals surface area contributed by atoms with Crippen molar-refractivity contribution >= 4 is 5.97 Å². The van der Waals surface area contributed by atoms with Crippen molar-refractivity contribution in [1.29, 1.82) is 0 Å². The molecule has 0 aromatic carbocycles. The number of fused-ring (bicyclic) bond motifs is 2. The molecule has 1 N–H and O–H groups in total. The Morgan fingerprint density at radius 3 is 2.28 bits per heavy atom. The second-order valence-corrected chi connectivity index (χ2v) is 6.13. The first-order valence-electron chi connectivity index (χ1n) is 7.08. The summed E-state index contributed by atoms with van der Waals surface area (Å²) in [6, 6.07) is 1.70. The maximum absolute atomic E-state index is 11.8. The van der Waals surface area contributed by atoms with Crippen molar-refractivity contribution in [3.63, 3.8) is 0 Å². The minimum Gasteiger partial charge on any atom is -0.468 e. The van der Waals surface area contributed by atoms with Crippen LogP contribution in [0.25, 0.3) is 0 Å². The third-order valence-corrected chi connectivity index (χ3v) is 4.64. The summed E-state index contributed by atoms with van der Waals surface area (Å²) >= 11 is 0. The smallest absolute Gasteiger partial charge is 0.323 e. The zero-order chi connectivity index (χ0) is 13.3. The summed E-state index contributed by atoms with van der Waals surface area (Å²) in [5.41, 5.74) is 0. The third-order valence-electron chi connectivity index (χ3n) is 4.64. The fourth-order valence-corrected chi connectivity index (χ4v) is 3.46. The average Bonchev–Trinajstić information content (AvgIpc) is 2.56. The Kier molecular flexibility index (Phi) is 4.28. The lowest BCUT2D eigenvalue weighted by Gasteiger charge is -2.38. The van der Waals surface area contributed by atoms with Crippen molar-refractivity contribution in [1.82, 2.24) is 10.2 Å². The molecule has 2 unspecified atom stereocenters. The van der Waals surface area contributed by atoms with Crippen LogP contribution in [0.15, 0.2) is 0 Å². The molecule has 0 radical (unpaired) electrons. The van der Waals surface area contributed by atoms with Crippen LogP contribution in [0, 0.1) is 5.92 Å². The van der Waals surface area contributed by atoms with Gasteiger partial charge in [-0.15, -0.1) is 0 Å². The Hall–Kier alpha value is -0.610. The van der Waals surface area contributed by atoms with Crippen LogP contribution in [0.1, 0.15) is 39.5 Å². The molecule has 0 aromatic heterocycles. The van der Waals surface area contributed by atoms with E-state index in [1.54, 1.807) is 0 Å². The van der Waals surface area contributed by atoms with Crippen molar-refractivity contribution in [2.75, 3.05) is 14.2 Å². The lowest BCUT2D eigenvalue weighted by Crippen LogP contribution is -2.53. The number of carbonyl (C=O) groups is 1. The van der Waals surface area contributed by atoms with Gasteiger partial charge in [0.15, 0.2) is 0 Å². The van der Waals surface area contributed by atoms with E-state index >= 15 is 0 Å². The van der Waals surface area contributed by atoms with Crippen LogP contribution in [0.2, 0.25) is 0 Å². The number of nitrogens with one attached hydrogen (secondary N) is 1. The molecular formula is C14H26N2O2. The molecule has 18 heavy (non-hydrogen) atoms. The molecular weight excluding hydrogens is 228 g/mol. The Morgan fingerprint density at radius 2 is 1.83 bits per heavy atom. The number of carbonyl (C=O) groups excluding carboxylic acids is 1. The van der Waals surface area contributed by atoms with E-state index in [4.69, 9.17) is 4.74 Å². The van der Waals surface area contributed by atoms with E-state index in [1.165, 1.54) is 20.0 Å². The molecule has 2 aliphatic rings. The molecule has 2 fully saturated rings. The van der Waals surface area contributed by atoms with Crippen molar-refractivity contribution in [2.45, 2.75) is 63.7 Å². The molecule has 2 rings (SSSR count). The highest BCUT2D eigenvalue weighted by Gasteiger charge is 2.39. The molecule has 104 valence electrons. The van der Waals surface area contributed by atoms with Crippen LogP contribution in [0.5, 0.6) is 0 Å². The summed E-state index contributed by atoms with van der Waals surface area (Å²) in [7, 11) is 3.70. The predicted octanol–water partition coefficient (Wildman–Crippen LogP) is 1.40. The molecule has 2 heterocycles. The zero-order valence-corrected chi connectivity index (χ0v) is 12.0. The van der Waals surface area contributed by atoms with Crippen LogP contribution >= 0.6 is 0 Å². The molecule has 0 aromatic rings. The van der Waals surface area contributed by atoms with Crippen LogP contribution in [-0.2, 0) is 9.53 Å². The highest BCUT2D eigenvalue weighted by atomic mass is 16.5. The molecule has 0 amide bonds. The van der Waals surface area contributed by atoms with E-state index in [0.29, 0.717) is 18.1 Å². The first-order chi connectivity index (χ1) is 8.52. The summed E-state index contributed by atoms with van der Waals surface area (Å²) in [6.45, 7) is 4.14. The van der Waals surface area contributed by atoms with E-state index in [-0.39, 0.29) is 17.9 Å². The first-order valence-corrected chi connectivity index (χ1v) is 7.08. The van der Waals surface area contributed by atoms with Gasteiger partial charge in [-0.3, -0.25) is 4.79 Å². The number of rotatable bonds is 4. The maximum atomic E-state index is 11.8. The lowest BCUT2D eigenvalue weighted by atomic mass is 9.95. The number of esters is 1. The van der Waals surface area contributed by atoms with E-state index in [9.17, 15) is 4.79 Å². The molecule has 4 heteroatoms. The summed E-state index contributed by atoms with van der Waals surface area (Å²) in [5, 5.41) is 3.53. The summed E-state index contributed by atoms with van der Waals surface area (Å²) in [6.07, 6.45) is 4.94. The van der Waals surface area contributed by atoms with E-state index in [1.807, 2.05) is 0 Å². The molecule has 0 saturated carbocycles. The van der Waals surface area contributed by atoms with Gasteiger partial charge in [-0.1, -0.05) is 13.8 Å². The van der Waals surface area contributed by atoms with E-state index < -0.39 is 0 Å². The van der Waals surface area contributed by atoms with Gasteiger partial charge in [0.25, 0.3) is 0 Å². The topological polar surface area (TPSA) is 41.6 Å². The average molecular weight is 254 g/mol. The number of methoxy groups -OCH3 is 1. The third kappa shape index (κ3) is 2.69. The van der Waals surface area contributed by atoms with Crippen LogP contribution in [0.4, 0.5) is 0 Å². The van der Waals surface area contributed by atoms with Gasteiger partial charge in [0.2, 0.25) is 0 Å². The van der Waals surface area contributed by atoms with Crippen molar-refractivity contribution in [2.24, 2.45) is 5.92 Å². The highest BCUT2D eigenvalue weighted by molar-refractivity contribution is 5.75. The maximum Gasteiger partial charge on any atom is 0.323 e. The summed E-state index contributed by atoms with van der Waals surface area (Å²) < 4.78 is 4.89. The number of piperidine rings is 1. The monoisotopic (exact) mass is 254 g/mol. The fraction of sp³-hybridized carbons (Fsp3) is 0.929. The largest absolute Gasteiger partial charge is 0.468 e. The van der Waals surface area contributed by atoms with Gasteiger partial charge in [-0.05, 0) is 38.6 Å². The Balaban J connectivity index is 1.95. The van der Waals surface area contributed by atoms with Gasteiger partial charge in [0.1, 0.15) is 6.04 Å². The summed E-state index contributed by atoms with van der Waals surface area (Å²) in [5.74, 6) is 0.144. The second-order valence-electron chi connectivity index (χ2n) is 6.13. The van der Waals surface area contributed by atoms with E-state index in [2.05, 4.69) is 31.1 Å². The Bertz CT molecular complexity index is 292. The van der Waals surface area contributed by atoms with Crippen LogP contribution in [0.3, 0.4) is 0 Å².